The van der Waals surface area contributed by atoms with Crippen LogP contribution in [0.4, 0.5) is 0 Å². The molecule has 2 rings (SSSR count). The maximum Gasteiger partial charge on any atom is 0.239 e. The van der Waals surface area contributed by atoms with Gasteiger partial charge in [0.25, 0.3) is 0 Å². The van der Waals surface area contributed by atoms with Crippen LogP contribution in [0.3, 0.4) is 0 Å². The molecular formula is C17H24N2O3. The van der Waals surface area contributed by atoms with E-state index in [4.69, 9.17) is 4.74 Å². The third-order valence-electron chi connectivity index (χ3n) is 3.76. The number of hydrogen-bond donors (Lipinski definition) is 2. The third kappa shape index (κ3) is 6.16. The summed E-state index contributed by atoms with van der Waals surface area (Å²) >= 11 is 0. The highest BCUT2D eigenvalue weighted by Gasteiger charge is 2.15. The van der Waals surface area contributed by atoms with Gasteiger partial charge < -0.3 is 15.4 Å². The highest BCUT2D eigenvalue weighted by Crippen LogP contribution is 2.17. The molecular weight excluding hydrogens is 280 g/mol. The summed E-state index contributed by atoms with van der Waals surface area (Å²) in [5, 5.41) is 5.60. The number of rotatable bonds is 7. The Morgan fingerprint density at radius 1 is 1.05 bits per heavy atom. The Kier molecular flexibility index (Phi) is 6.74. The van der Waals surface area contributed by atoms with E-state index in [1.165, 1.54) is 19.3 Å². The molecule has 0 spiro atoms. The van der Waals surface area contributed by atoms with Crippen LogP contribution in [0.2, 0.25) is 0 Å². The van der Waals surface area contributed by atoms with Gasteiger partial charge in [0, 0.05) is 6.04 Å². The van der Waals surface area contributed by atoms with Gasteiger partial charge in [0.05, 0.1) is 19.6 Å². The Bertz CT molecular complexity index is 470. The molecule has 22 heavy (non-hydrogen) atoms. The fourth-order valence-electron chi connectivity index (χ4n) is 2.57. The van der Waals surface area contributed by atoms with Gasteiger partial charge in [0.15, 0.2) is 0 Å². The van der Waals surface area contributed by atoms with Crippen LogP contribution in [-0.4, -0.2) is 31.0 Å². The first-order valence-corrected chi connectivity index (χ1v) is 7.98. The first-order chi connectivity index (χ1) is 10.7. The fraction of sp³-hybridized carbons (Fsp3) is 0.529. The van der Waals surface area contributed by atoms with E-state index < -0.39 is 0 Å². The molecule has 0 bridgehead atoms. The Morgan fingerprint density at radius 2 is 1.77 bits per heavy atom. The molecule has 0 saturated heterocycles. The predicted octanol–water partition coefficient (Wildman–Crippen LogP) is 2.02. The average Bonchev–Trinajstić information content (AvgIpc) is 2.55. The number of carbonyl (C=O) groups is 2. The molecule has 1 saturated carbocycles. The summed E-state index contributed by atoms with van der Waals surface area (Å²) in [6, 6.07) is 9.63. The summed E-state index contributed by atoms with van der Waals surface area (Å²) in [5.74, 6) is 0.462. The number of amides is 2. The molecule has 0 radical (unpaired) electrons. The third-order valence-corrected chi connectivity index (χ3v) is 3.76. The lowest BCUT2D eigenvalue weighted by Gasteiger charge is -2.22. The number of hydrogen-bond acceptors (Lipinski definition) is 3. The van der Waals surface area contributed by atoms with Crippen molar-refractivity contribution in [2.75, 3.05) is 13.2 Å². The van der Waals surface area contributed by atoms with Gasteiger partial charge in [0.2, 0.25) is 11.8 Å². The minimum Gasteiger partial charge on any atom is -0.493 e. The van der Waals surface area contributed by atoms with Gasteiger partial charge in [-0.25, -0.2) is 0 Å². The van der Waals surface area contributed by atoms with Crippen LogP contribution >= 0.6 is 0 Å². The van der Waals surface area contributed by atoms with Crippen molar-refractivity contribution in [3.8, 4) is 5.75 Å². The zero-order valence-electron chi connectivity index (χ0n) is 12.8. The molecule has 5 nitrogen and oxygen atoms in total. The van der Waals surface area contributed by atoms with Crippen molar-refractivity contribution in [1.29, 1.82) is 0 Å². The number of ether oxygens (including phenoxy) is 1. The Hall–Kier alpha value is -2.04. The molecule has 120 valence electrons. The molecule has 1 fully saturated rings. The Morgan fingerprint density at radius 3 is 2.50 bits per heavy atom. The number of benzene rings is 1. The van der Waals surface area contributed by atoms with Crippen molar-refractivity contribution in [3.05, 3.63) is 30.3 Å². The lowest BCUT2D eigenvalue weighted by atomic mass is 9.95. The topological polar surface area (TPSA) is 67.4 Å². The van der Waals surface area contributed by atoms with E-state index in [9.17, 15) is 9.59 Å². The molecule has 2 N–H and O–H groups in total. The van der Waals surface area contributed by atoms with Gasteiger partial charge in [-0.05, 0) is 25.0 Å². The van der Waals surface area contributed by atoms with Crippen LogP contribution in [0.1, 0.15) is 38.5 Å². The molecule has 1 aliphatic carbocycles. The highest BCUT2D eigenvalue weighted by molar-refractivity contribution is 5.84. The van der Waals surface area contributed by atoms with E-state index in [1.807, 2.05) is 30.3 Å². The zero-order valence-corrected chi connectivity index (χ0v) is 12.8. The molecule has 2 amide bonds. The van der Waals surface area contributed by atoms with E-state index in [1.54, 1.807) is 0 Å². The summed E-state index contributed by atoms with van der Waals surface area (Å²) in [4.78, 5) is 23.4. The molecule has 1 aromatic rings. The maximum absolute atomic E-state index is 11.8. The van der Waals surface area contributed by atoms with Crippen molar-refractivity contribution >= 4 is 11.8 Å². The highest BCUT2D eigenvalue weighted by atomic mass is 16.5. The van der Waals surface area contributed by atoms with Crippen LogP contribution in [0.15, 0.2) is 30.3 Å². The molecule has 5 heteroatoms. The van der Waals surface area contributed by atoms with E-state index in [0.717, 1.165) is 18.6 Å². The smallest absolute Gasteiger partial charge is 0.239 e. The average molecular weight is 304 g/mol. The predicted molar refractivity (Wildman–Crippen MR) is 84.6 cm³/mol. The monoisotopic (exact) mass is 304 g/mol. The quantitative estimate of drug-likeness (QED) is 0.810. The van der Waals surface area contributed by atoms with Crippen LogP contribution in [0, 0.1) is 0 Å². The van der Waals surface area contributed by atoms with Crippen LogP contribution in [0.25, 0.3) is 0 Å². The van der Waals surface area contributed by atoms with Crippen LogP contribution < -0.4 is 15.4 Å². The van der Waals surface area contributed by atoms with E-state index in [2.05, 4.69) is 10.6 Å². The lowest BCUT2D eigenvalue weighted by Crippen LogP contribution is -2.42. The SMILES string of the molecule is O=C(CCOc1ccccc1)NCC(=O)NC1CCCCC1. The van der Waals surface area contributed by atoms with Crippen LogP contribution in [-0.2, 0) is 9.59 Å². The minimum absolute atomic E-state index is 0.0423. The summed E-state index contributed by atoms with van der Waals surface area (Å²) < 4.78 is 5.44. The summed E-state index contributed by atoms with van der Waals surface area (Å²) in [6.07, 6.45) is 5.94. The first kappa shape index (κ1) is 16.3. The number of nitrogens with one attached hydrogen (secondary N) is 2. The number of para-hydroxylation sites is 1. The molecule has 0 aromatic heterocycles. The first-order valence-electron chi connectivity index (χ1n) is 7.98. The second-order valence-electron chi connectivity index (χ2n) is 5.59. The van der Waals surface area contributed by atoms with E-state index in [-0.39, 0.29) is 30.8 Å². The van der Waals surface area contributed by atoms with Gasteiger partial charge in [-0.15, -0.1) is 0 Å². The van der Waals surface area contributed by atoms with Gasteiger partial charge >= 0.3 is 0 Å². The second-order valence-corrected chi connectivity index (χ2v) is 5.59. The molecule has 1 aliphatic rings. The molecule has 0 unspecified atom stereocenters. The standard InChI is InChI=1S/C17H24N2O3/c20-16(11-12-22-15-9-5-2-6-10-15)18-13-17(21)19-14-7-3-1-4-8-14/h2,5-6,9-10,14H,1,3-4,7-8,11-13H2,(H,18,20)(H,19,21). The van der Waals surface area contributed by atoms with Gasteiger partial charge in [-0.1, -0.05) is 37.5 Å². The summed E-state index contributed by atoms with van der Waals surface area (Å²) in [5.41, 5.74) is 0. The number of carbonyl (C=O) groups excluding carboxylic acids is 2. The van der Waals surface area contributed by atoms with Crippen molar-refractivity contribution in [3.63, 3.8) is 0 Å². The van der Waals surface area contributed by atoms with Gasteiger partial charge in [0.1, 0.15) is 5.75 Å². The molecule has 1 aromatic carbocycles. The summed E-state index contributed by atoms with van der Waals surface area (Å²) in [7, 11) is 0. The maximum atomic E-state index is 11.8. The van der Waals surface area contributed by atoms with Gasteiger partial charge in [-0.3, -0.25) is 9.59 Å². The molecule has 0 aliphatic heterocycles. The normalized spacial score (nSPS) is 15.1. The molecule has 0 atom stereocenters. The van der Waals surface area contributed by atoms with E-state index >= 15 is 0 Å². The molecule has 0 heterocycles. The summed E-state index contributed by atoms with van der Waals surface area (Å²) in [6.45, 7) is 0.348. The van der Waals surface area contributed by atoms with Gasteiger partial charge in [-0.2, -0.15) is 0 Å². The Labute approximate surface area is 131 Å². The largest absolute Gasteiger partial charge is 0.493 e. The van der Waals surface area contributed by atoms with Crippen molar-refractivity contribution in [1.82, 2.24) is 10.6 Å². The van der Waals surface area contributed by atoms with Crippen molar-refractivity contribution < 1.29 is 14.3 Å². The van der Waals surface area contributed by atoms with Crippen LogP contribution in [0.5, 0.6) is 5.75 Å². The zero-order chi connectivity index (χ0) is 15.6. The fourth-order valence-corrected chi connectivity index (χ4v) is 2.57. The van der Waals surface area contributed by atoms with Crippen molar-refractivity contribution in [2.45, 2.75) is 44.6 Å². The minimum atomic E-state index is -0.172. The Balaban J connectivity index is 1.56. The lowest BCUT2D eigenvalue weighted by molar-refractivity contribution is -0.126. The van der Waals surface area contributed by atoms with Crippen molar-refractivity contribution in [2.24, 2.45) is 0 Å². The van der Waals surface area contributed by atoms with E-state index in [0.29, 0.717) is 6.61 Å². The second kappa shape index (κ2) is 9.07.